The molecule has 0 amide bonds. The molecular formula is C12H15FN2O5S. The Morgan fingerprint density at radius 1 is 1.52 bits per heavy atom. The molecule has 2 rings (SSSR count). The summed E-state index contributed by atoms with van der Waals surface area (Å²) in [4.78, 5) is 9.13. The molecule has 1 unspecified atom stereocenters. The highest BCUT2D eigenvalue weighted by Crippen LogP contribution is 2.28. The number of hydrogen-bond acceptors (Lipinski definition) is 5. The normalized spacial score (nSPS) is 22.4. The number of nitro groups is 1. The summed E-state index contributed by atoms with van der Waals surface area (Å²) in [7, 11) is -4.20. The van der Waals surface area contributed by atoms with Crippen molar-refractivity contribution in [3.05, 3.63) is 34.1 Å². The first kappa shape index (κ1) is 15.8. The Labute approximate surface area is 121 Å². The number of nitro benzene ring substituents is 1. The molecule has 0 aliphatic carbocycles. The van der Waals surface area contributed by atoms with Gasteiger partial charge < -0.3 is 4.74 Å². The van der Waals surface area contributed by atoms with Crippen LogP contribution < -0.4 is 4.72 Å². The number of hydrogen-bond donors (Lipinski definition) is 1. The van der Waals surface area contributed by atoms with Crippen LogP contribution in [0.4, 0.5) is 10.1 Å². The van der Waals surface area contributed by atoms with Crippen molar-refractivity contribution in [2.45, 2.75) is 30.3 Å². The standard InChI is InChI=1S/C12H15FN2O5S/c1-12(6-3-7-20-12)8-14-21(18,19)10-5-2-4-9(13)11(10)15(16)17/h2,4-5,14H,3,6-8H2,1H3. The van der Waals surface area contributed by atoms with E-state index in [9.17, 15) is 22.9 Å². The van der Waals surface area contributed by atoms with Gasteiger partial charge in [-0.05, 0) is 31.9 Å². The zero-order valence-corrected chi connectivity index (χ0v) is 12.2. The largest absolute Gasteiger partial charge is 0.374 e. The van der Waals surface area contributed by atoms with Crippen LogP contribution >= 0.6 is 0 Å². The van der Waals surface area contributed by atoms with Gasteiger partial charge in [0.2, 0.25) is 15.8 Å². The van der Waals surface area contributed by atoms with Gasteiger partial charge in [-0.2, -0.15) is 4.39 Å². The van der Waals surface area contributed by atoms with Crippen LogP contribution in [0.2, 0.25) is 0 Å². The first-order chi connectivity index (χ1) is 9.75. The molecule has 1 atom stereocenters. The molecule has 0 radical (unpaired) electrons. The molecule has 7 nitrogen and oxygen atoms in total. The minimum Gasteiger partial charge on any atom is -0.374 e. The second-order valence-electron chi connectivity index (χ2n) is 5.07. The summed E-state index contributed by atoms with van der Waals surface area (Å²) in [6.07, 6.45) is 1.50. The number of ether oxygens (including phenoxy) is 1. The second-order valence-corrected chi connectivity index (χ2v) is 6.81. The van der Waals surface area contributed by atoms with E-state index in [-0.39, 0.29) is 6.54 Å². The minimum absolute atomic E-state index is 0.0248. The number of halogens is 1. The monoisotopic (exact) mass is 318 g/mol. The summed E-state index contributed by atoms with van der Waals surface area (Å²) >= 11 is 0. The highest BCUT2D eigenvalue weighted by atomic mass is 32.2. The average molecular weight is 318 g/mol. The summed E-state index contributed by atoms with van der Waals surface area (Å²) < 4.78 is 45.5. The van der Waals surface area contributed by atoms with Crippen LogP contribution in [0.3, 0.4) is 0 Å². The molecule has 1 aliphatic heterocycles. The van der Waals surface area contributed by atoms with Crippen LogP contribution in [0.1, 0.15) is 19.8 Å². The van der Waals surface area contributed by atoms with Crippen LogP contribution in [0.15, 0.2) is 23.1 Å². The van der Waals surface area contributed by atoms with Gasteiger partial charge in [-0.1, -0.05) is 6.07 Å². The topological polar surface area (TPSA) is 98.5 Å². The molecule has 0 saturated carbocycles. The van der Waals surface area contributed by atoms with E-state index in [0.717, 1.165) is 24.6 Å². The fraction of sp³-hybridized carbons (Fsp3) is 0.500. The second kappa shape index (κ2) is 5.66. The highest BCUT2D eigenvalue weighted by Gasteiger charge is 2.34. The van der Waals surface area contributed by atoms with Crippen molar-refractivity contribution in [2.24, 2.45) is 0 Å². The Morgan fingerprint density at radius 3 is 2.81 bits per heavy atom. The Morgan fingerprint density at radius 2 is 2.24 bits per heavy atom. The first-order valence-electron chi connectivity index (χ1n) is 6.32. The van der Waals surface area contributed by atoms with Gasteiger partial charge in [0, 0.05) is 13.2 Å². The third kappa shape index (κ3) is 3.36. The van der Waals surface area contributed by atoms with Crippen LogP contribution in [-0.4, -0.2) is 32.1 Å². The lowest BCUT2D eigenvalue weighted by atomic mass is 10.0. The van der Waals surface area contributed by atoms with Crippen molar-refractivity contribution in [1.29, 1.82) is 0 Å². The third-order valence-corrected chi connectivity index (χ3v) is 4.79. The predicted octanol–water partition coefficient (Wildman–Crippen LogP) is 1.58. The van der Waals surface area contributed by atoms with Gasteiger partial charge >= 0.3 is 5.69 Å². The molecule has 9 heteroatoms. The van der Waals surface area contributed by atoms with Gasteiger partial charge in [-0.15, -0.1) is 0 Å². The maximum absolute atomic E-state index is 13.5. The SMILES string of the molecule is CC1(CNS(=O)(=O)c2cccc(F)c2[N+](=O)[O-])CCCO1. The molecule has 0 aromatic heterocycles. The first-order valence-corrected chi connectivity index (χ1v) is 7.80. The third-order valence-electron chi connectivity index (χ3n) is 3.36. The molecule has 0 spiro atoms. The number of sulfonamides is 1. The van der Waals surface area contributed by atoms with E-state index in [1.807, 2.05) is 0 Å². The Kier molecular flexibility index (Phi) is 4.26. The van der Waals surface area contributed by atoms with Gasteiger partial charge in [0.25, 0.3) is 0 Å². The molecule has 0 bridgehead atoms. The Hall–Kier alpha value is -1.58. The molecule has 1 aromatic carbocycles. The van der Waals surface area contributed by atoms with E-state index in [1.165, 1.54) is 0 Å². The molecule has 1 aromatic rings. The van der Waals surface area contributed by atoms with E-state index in [4.69, 9.17) is 4.74 Å². The lowest BCUT2D eigenvalue weighted by Crippen LogP contribution is -2.40. The van der Waals surface area contributed by atoms with Crippen molar-refractivity contribution >= 4 is 15.7 Å². The molecular weight excluding hydrogens is 303 g/mol. The number of para-hydroxylation sites is 1. The van der Waals surface area contributed by atoms with Crippen molar-refractivity contribution in [2.75, 3.05) is 13.2 Å². The van der Waals surface area contributed by atoms with Crippen LogP contribution in [0, 0.1) is 15.9 Å². The van der Waals surface area contributed by atoms with Gasteiger partial charge in [-0.3, -0.25) is 10.1 Å². The summed E-state index contributed by atoms with van der Waals surface area (Å²) in [5.74, 6) is -1.19. The van der Waals surface area contributed by atoms with Gasteiger partial charge in [0.05, 0.1) is 10.5 Å². The molecule has 1 aliphatic rings. The predicted molar refractivity (Wildman–Crippen MR) is 71.8 cm³/mol. The summed E-state index contributed by atoms with van der Waals surface area (Å²) in [6.45, 7) is 2.27. The zero-order chi connectivity index (χ0) is 15.7. The van der Waals surface area contributed by atoms with Crippen LogP contribution in [-0.2, 0) is 14.8 Å². The Bertz CT molecular complexity index is 656. The zero-order valence-electron chi connectivity index (χ0n) is 11.3. The lowest BCUT2D eigenvalue weighted by molar-refractivity contribution is -0.390. The molecule has 1 heterocycles. The smallest absolute Gasteiger partial charge is 0.324 e. The van der Waals surface area contributed by atoms with Gasteiger partial charge in [0.1, 0.15) is 0 Å². The van der Waals surface area contributed by atoms with E-state index in [1.54, 1.807) is 6.92 Å². The fourth-order valence-electron chi connectivity index (χ4n) is 2.19. The van der Waals surface area contributed by atoms with Gasteiger partial charge in [0.15, 0.2) is 4.90 Å². The lowest BCUT2D eigenvalue weighted by Gasteiger charge is -2.23. The summed E-state index contributed by atoms with van der Waals surface area (Å²) in [5.41, 5.74) is -1.70. The quantitative estimate of drug-likeness (QED) is 0.656. The van der Waals surface area contributed by atoms with E-state index >= 15 is 0 Å². The molecule has 1 saturated heterocycles. The van der Waals surface area contributed by atoms with Crippen LogP contribution in [0.5, 0.6) is 0 Å². The van der Waals surface area contributed by atoms with E-state index < -0.39 is 36.9 Å². The number of nitrogens with zero attached hydrogens (tertiary/aromatic N) is 1. The van der Waals surface area contributed by atoms with Gasteiger partial charge in [-0.25, -0.2) is 13.1 Å². The number of nitrogens with one attached hydrogen (secondary N) is 1. The highest BCUT2D eigenvalue weighted by molar-refractivity contribution is 7.89. The Balaban J connectivity index is 2.28. The number of benzene rings is 1. The van der Waals surface area contributed by atoms with Crippen molar-refractivity contribution in [3.63, 3.8) is 0 Å². The summed E-state index contributed by atoms with van der Waals surface area (Å²) in [6, 6.07) is 2.96. The molecule has 116 valence electrons. The maximum Gasteiger partial charge on any atom is 0.324 e. The molecule has 1 fully saturated rings. The van der Waals surface area contributed by atoms with Crippen molar-refractivity contribution in [3.8, 4) is 0 Å². The van der Waals surface area contributed by atoms with Crippen LogP contribution in [0.25, 0.3) is 0 Å². The summed E-state index contributed by atoms with van der Waals surface area (Å²) in [5, 5.41) is 10.9. The molecule has 1 N–H and O–H groups in total. The van der Waals surface area contributed by atoms with E-state index in [2.05, 4.69) is 4.72 Å². The maximum atomic E-state index is 13.5. The number of rotatable bonds is 5. The fourth-order valence-corrected chi connectivity index (χ4v) is 3.53. The van der Waals surface area contributed by atoms with Crippen molar-refractivity contribution in [1.82, 2.24) is 4.72 Å². The van der Waals surface area contributed by atoms with E-state index in [0.29, 0.717) is 13.0 Å². The van der Waals surface area contributed by atoms with Crippen molar-refractivity contribution < 1.29 is 22.5 Å². The minimum atomic E-state index is -4.20. The molecule has 21 heavy (non-hydrogen) atoms. The average Bonchev–Trinajstić information content (AvgIpc) is 2.83.